The number of rotatable bonds is 3. The molecule has 0 aliphatic rings. The zero-order valence-electron chi connectivity index (χ0n) is 9.67. The van der Waals surface area contributed by atoms with Crippen molar-refractivity contribution in [2.24, 2.45) is 0 Å². The summed E-state index contributed by atoms with van der Waals surface area (Å²) in [4.78, 5) is 4.29. The maximum absolute atomic E-state index is 13.3. The van der Waals surface area contributed by atoms with Crippen molar-refractivity contribution in [3.63, 3.8) is 0 Å². The van der Waals surface area contributed by atoms with Crippen molar-refractivity contribution >= 4 is 37.5 Å². The second kappa shape index (κ2) is 5.80. The summed E-state index contributed by atoms with van der Waals surface area (Å²) in [7, 11) is 0. The Morgan fingerprint density at radius 3 is 2.67 bits per heavy atom. The van der Waals surface area contributed by atoms with Crippen LogP contribution in [0.5, 0.6) is 0 Å². The Morgan fingerprint density at radius 1 is 1.22 bits per heavy atom. The minimum atomic E-state index is -0.250. The van der Waals surface area contributed by atoms with Crippen LogP contribution in [0.2, 0.25) is 0 Å². The number of nitrogens with zero attached hydrogens (tertiary/aromatic N) is 1. The van der Waals surface area contributed by atoms with Crippen molar-refractivity contribution in [1.82, 2.24) is 4.98 Å². The molecule has 0 unspecified atom stereocenters. The molecule has 2 rings (SSSR count). The molecule has 0 atom stereocenters. The van der Waals surface area contributed by atoms with Gasteiger partial charge in [0.1, 0.15) is 10.4 Å². The minimum Gasteiger partial charge on any atom is -0.379 e. The molecular weight excluding hydrogens is 363 g/mol. The maximum Gasteiger partial charge on any atom is 0.137 e. The minimum absolute atomic E-state index is 0.250. The summed E-state index contributed by atoms with van der Waals surface area (Å²) in [6, 6.07) is 8.92. The van der Waals surface area contributed by atoms with Crippen LogP contribution in [0.25, 0.3) is 0 Å². The number of hydrogen-bond donors (Lipinski definition) is 1. The molecule has 5 heteroatoms. The average Bonchev–Trinajstić information content (AvgIpc) is 2.32. The largest absolute Gasteiger partial charge is 0.379 e. The highest BCUT2D eigenvalue weighted by Crippen LogP contribution is 2.19. The molecule has 0 saturated heterocycles. The standard InChI is InChI=1S/C13H11Br2FN2/c1-8-12(4-5-13(15)18-8)17-7-9-2-3-10(14)11(16)6-9/h2-6,17H,7H2,1H3. The lowest BCUT2D eigenvalue weighted by Gasteiger charge is -2.09. The van der Waals surface area contributed by atoms with Gasteiger partial charge < -0.3 is 5.32 Å². The molecule has 1 aromatic heterocycles. The van der Waals surface area contributed by atoms with Crippen molar-refractivity contribution in [3.8, 4) is 0 Å². The molecule has 1 aromatic carbocycles. The summed E-state index contributed by atoms with van der Waals surface area (Å²) in [5, 5.41) is 3.24. The third-order valence-electron chi connectivity index (χ3n) is 2.52. The fourth-order valence-corrected chi connectivity index (χ4v) is 2.21. The van der Waals surface area contributed by atoms with Crippen LogP contribution in [0.1, 0.15) is 11.3 Å². The van der Waals surface area contributed by atoms with Crippen molar-refractivity contribution in [2.75, 3.05) is 5.32 Å². The van der Waals surface area contributed by atoms with Crippen molar-refractivity contribution in [1.29, 1.82) is 0 Å². The number of halogens is 3. The van der Waals surface area contributed by atoms with Crippen LogP contribution < -0.4 is 5.32 Å². The van der Waals surface area contributed by atoms with E-state index in [1.165, 1.54) is 6.07 Å². The Labute approximate surface area is 122 Å². The fraction of sp³-hybridized carbons (Fsp3) is 0.154. The predicted molar refractivity (Wildman–Crippen MR) is 78.1 cm³/mol. The van der Waals surface area contributed by atoms with Gasteiger partial charge in [-0.25, -0.2) is 9.37 Å². The molecule has 1 N–H and O–H groups in total. The number of anilines is 1. The topological polar surface area (TPSA) is 24.9 Å². The molecule has 0 aliphatic heterocycles. The molecule has 0 aliphatic carbocycles. The Bertz CT molecular complexity index is 573. The van der Waals surface area contributed by atoms with Crippen LogP contribution >= 0.6 is 31.9 Å². The van der Waals surface area contributed by atoms with Gasteiger partial charge in [0.05, 0.1) is 15.9 Å². The molecule has 0 spiro atoms. The molecule has 2 aromatic rings. The Morgan fingerprint density at radius 2 is 2.00 bits per heavy atom. The zero-order valence-corrected chi connectivity index (χ0v) is 12.8. The summed E-state index contributed by atoms with van der Waals surface area (Å²) >= 11 is 6.45. The normalized spacial score (nSPS) is 10.4. The van der Waals surface area contributed by atoms with Gasteiger partial charge in [-0.15, -0.1) is 0 Å². The molecule has 0 bridgehead atoms. The molecule has 94 valence electrons. The molecule has 18 heavy (non-hydrogen) atoms. The van der Waals surface area contributed by atoms with Crippen LogP contribution in [-0.2, 0) is 6.54 Å². The summed E-state index contributed by atoms with van der Waals surface area (Å²) in [5.74, 6) is -0.250. The second-order valence-electron chi connectivity index (χ2n) is 3.87. The van der Waals surface area contributed by atoms with Gasteiger partial charge >= 0.3 is 0 Å². The first-order valence-corrected chi connectivity index (χ1v) is 6.96. The van der Waals surface area contributed by atoms with Gasteiger partial charge in [0.2, 0.25) is 0 Å². The molecule has 0 amide bonds. The van der Waals surface area contributed by atoms with E-state index in [4.69, 9.17) is 0 Å². The van der Waals surface area contributed by atoms with Crippen molar-refractivity contribution < 1.29 is 4.39 Å². The number of aromatic nitrogens is 1. The van der Waals surface area contributed by atoms with Crippen LogP contribution in [0.3, 0.4) is 0 Å². The second-order valence-corrected chi connectivity index (χ2v) is 5.54. The van der Waals surface area contributed by atoms with E-state index in [9.17, 15) is 4.39 Å². The van der Waals surface area contributed by atoms with Gasteiger partial charge in [0.15, 0.2) is 0 Å². The monoisotopic (exact) mass is 372 g/mol. The fourth-order valence-electron chi connectivity index (χ4n) is 1.56. The Balaban J connectivity index is 2.09. The van der Waals surface area contributed by atoms with Gasteiger partial charge in [-0.2, -0.15) is 0 Å². The Kier molecular flexibility index (Phi) is 4.35. The Hall–Kier alpha value is -0.940. The number of hydrogen-bond acceptors (Lipinski definition) is 2. The molecule has 0 saturated carbocycles. The van der Waals surface area contributed by atoms with Crippen LogP contribution in [-0.4, -0.2) is 4.98 Å². The highest BCUT2D eigenvalue weighted by Gasteiger charge is 2.03. The first-order chi connectivity index (χ1) is 8.56. The van der Waals surface area contributed by atoms with E-state index in [1.54, 1.807) is 6.07 Å². The lowest BCUT2D eigenvalue weighted by Crippen LogP contribution is -2.02. The van der Waals surface area contributed by atoms with E-state index in [-0.39, 0.29) is 5.82 Å². The van der Waals surface area contributed by atoms with E-state index >= 15 is 0 Å². The highest BCUT2D eigenvalue weighted by atomic mass is 79.9. The smallest absolute Gasteiger partial charge is 0.137 e. The first-order valence-electron chi connectivity index (χ1n) is 5.37. The van der Waals surface area contributed by atoms with E-state index in [0.29, 0.717) is 11.0 Å². The number of nitrogens with one attached hydrogen (secondary N) is 1. The predicted octanol–water partition coefficient (Wildman–Crippen LogP) is 4.67. The average molecular weight is 374 g/mol. The van der Waals surface area contributed by atoms with E-state index in [1.807, 2.05) is 25.1 Å². The third kappa shape index (κ3) is 3.29. The van der Waals surface area contributed by atoms with Crippen molar-refractivity contribution in [2.45, 2.75) is 13.5 Å². The number of benzene rings is 1. The highest BCUT2D eigenvalue weighted by molar-refractivity contribution is 9.10. The van der Waals surface area contributed by atoms with Gasteiger partial charge in [-0.05, 0) is 68.6 Å². The SMILES string of the molecule is Cc1nc(Br)ccc1NCc1ccc(Br)c(F)c1. The zero-order chi connectivity index (χ0) is 13.1. The van der Waals surface area contributed by atoms with E-state index < -0.39 is 0 Å². The summed E-state index contributed by atoms with van der Waals surface area (Å²) in [5.41, 5.74) is 2.74. The van der Waals surface area contributed by atoms with Gasteiger partial charge in [-0.3, -0.25) is 0 Å². The third-order valence-corrected chi connectivity index (χ3v) is 3.60. The lowest BCUT2D eigenvalue weighted by atomic mass is 10.2. The van der Waals surface area contributed by atoms with Crippen LogP contribution in [0.15, 0.2) is 39.4 Å². The summed E-state index contributed by atoms with van der Waals surface area (Å²) in [6.07, 6.45) is 0. The molecule has 0 fully saturated rings. The van der Waals surface area contributed by atoms with Gasteiger partial charge in [0.25, 0.3) is 0 Å². The van der Waals surface area contributed by atoms with Crippen molar-refractivity contribution in [3.05, 3.63) is 56.5 Å². The van der Waals surface area contributed by atoms with Gasteiger partial charge in [0, 0.05) is 6.54 Å². The first kappa shape index (κ1) is 13.5. The van der Waals surface area contributed by atoms with Gasteiger partial charge in [-0.1, -0.05) is 6.07 Å². The molecular formula is C13H11Br2FN2. The molecule has 1 heterocycles. The maximum atomic E-state index is 13.3. The van der Waals surface area contributed by atoms with E-state index in [0.717, 1.165) is 21.5 Å². The van der Waals surface area contributed by atoms with Crippen LogP contribution in [0, 0.1) is 12.7 Å². The number of pyridine rings is 1. The van der Waals surface area contributed by atoms with Crippen LogP contribution in [0.4, 0.5) is 10.1 Å². The molecule has 0 radical (unpaired) electrons. The molecule has 2 nitrogen and oxygen atoms in total. The number of aryl methyl sites for hydroxylation is 1. The lowest BCUT2D eigenvalue weighted by molar-refractivity contribution is 0.619. The summed E-state index contributed by atoms with van der Waals surface area (Å²) < 4.78 is 14.6. The quantitative estimate of drug-likeness (QED) is 0.791. The summed E-state index contributed by atoms with van der Waals surface area (Å²) in [6.45, 7) is 2.49. The van der Waals surface area contributed by atoms with E-state index in [2.05, 4.69) is 42.2 Å².